The van der Waals surface area contributed by atoms with Gasteiger partial charge < -0.3 is 10.0 Å². The third kappa shape index (κ3) is 3.37. The molecule has 0 aliphatic carbocycles. The number of aliphatic hydroxyl groups is 1. The average molecular weight is 326 g/mol. The van der Waals surface area contributed by atoms with E-state index >= 15 is 0 Å². The zero-order valence-electron chi connectivity index (χ0n) is 11.4. The van der Waals surface area contributed by atoms with Crippen molar-refractivity contribution < 1.29 is 9.90 Å². The molecule has 2 rings (SSSR count). The van der Waals surface area contributed by atoms with E-state index in [-0.39, 0.29) is 24.5 Å². The maximum absolute atomic E-state index is 12.6. The smallest absolute Gasteiger partial charge is 0.254 e. The van der Waals surface area contributed by atoms with Crippen LogP contribution >= 0.6 is 15.9 Å². The van der Waals surface area contributed by atoms with Crippen LogP contribution in [0.15, 0.2) is 22.7 Å². The van der Waals surface area contributed by atoms with Crippen molar-refractivity contribution in [2.24, 2.45) is 5.92 Å². The monoisotopic (exact) mass is 325 g/mol. The Hall–Kier alpha value is -0.870. The summed E-state index contributed by atoms with van der Waals surface area (Å²) >= 11 is 3.44. The number of piperidine rings is 1. The van der Waals surface area contributed by atoms with Crippen molar-refractivity contribution in [1.29, 1.82) is 0 Å². The molecule has 0 unspecified atom stereocenters. The topological polar surface area (TPSA) is 40.5 Å². The van der Waals surface area contributed by atoms with Crippen LogP contribution in [0.25, 0.3) is 0 Å². The molecule has 1 amide bonds. The molecule has 1 aliphatic heterocycles. The molecule has 3 nitrogen and oxygen atoms in total. The van der Waals surface area contributed by atoms with E-state index in [1.54, 1.807) is 0 Å². The minimum Gasteiger partial charge on any atom is -0.396 e. The highest BCUT2D eigenvalue weighted by Gasteiger charge is 2.29. The van der Waals surface area contributed by atoms with E-state index in [1.165, 1.54) is 0 Å². The van der Waals surface area contributed by atoms with Crippen molar-refractivity contribution >= 4 is 21.8 Å². The summed E-state index contributed by atoms with van der Waals surface area (Å²) in [4.78, 5) is 14.5. The van der Waals surface area contributed by atoms with Gasteiger partial charge in [0.05, 0.1) is 0 Å². The number of carbonyl (C=O) groups is 1. The summed E-state index contributed by atoms with van der Waals surface area (Å²) in [6.45, 7) is 4.88. The van der Waals surface area contributed by atoms with Crippen molar-refractivity contribution in [3.8, 4) is 0 Å². The fourth-order valence-corrected chi connectivity index (χ4v) is 3.25. The number of aliphatic hydroxyl groups excluding tert-OH is 1. The van der Waals surface area contributed by atoms with Gasteiger partial charge in [-0.25, -0.2) is 0 Å². The zero-order chi connectivity index (χ0) is 14.0. The molecular formula is C15H20BrNO2. The van der Waals surface area contributed by atoms with E-state index in [9.17, 15) is 9.90 Å². The lowest BCUT2D eigenvalue weighted by atomic mass is 9.93. The van der Waals surface area contributed by atoms with Crippen molar-refractivity contribution in [1.82, 2.24) is 4.90 Å². The molecule has 1 aromatic rings. The van der Waals surface area contributed by atoms with Crippen LogP contribution in [0.4, 0.5) is 0 Å². The number of halogens is 1. The molecule has 19 heavy (non-hydrogen) atoms. The summed E-state index contributed by atoms with van der Waals surface area (Å²) in [6.07, 6.45) is 1.96. The number of aryl methyl sites for hydroxylation is 1. The molecule has 1 saturated heterocycles. The molecule has 1 aliphatic rings. The number of carbonyl (C=O) groups excluding carboxylic acids is 1. The molecular weight excluding hydrogens is 306 g/mol. The van der Waals surface area contributed by atoms with Crippen molar-refractivity contribution in [3.05, 3.63) is 33.8 Å². The zero-order valence-corrected chi connectivity index (χ0v) is 13.0. The molecule has 2 atom stereocenters. The first-order valence-electron chi connectivity index (χ1n) is 6.70. The normalized spacial score (nSPS) is 23.5. The van der Waals surface area contributed by atoms with Crippen LogP contribution in [0, 0.1) is 12.8 Å². The third-order valence-electron chi connectivity index (χ3n) is 3.79. The summed E-state index contributed by atoms with van der Waals surface area (Å²) < 4.78 is 0.930. The van der Waals surface area contributed by atoms with Crippen LogP contribution in [0.3, 0.4) is 0 Å². The molecule has 104 valence electrons. The Balaban J connectivity index is 2.21. The Bertz CT molecular complexity index is 455. The first-order chi connectivity index (χ1) is 9.01. The van der Waals surface area contributed by atoms with Crippen LogP contribution in [-0.2, 0) is 0 Å². The molecule has 1 N–H and O–H groups in total. The van der Waals surface area contributed by atoms with E-state index in [2.05, 4.69) is 22.9 Å². The molecule has 1 fully saturated rings. The van der Waals surface area contributed by atoms with Gasteiger partial charge in [0.25, 0.3) is 5.91 Å². The predicted molar refractivity (Wildman–Crippen MR) is 79.2 cm³/mol. The number of hydrogen-bond acceptors (Lipinski definition) is 2. The fraction of sp³-hybridized carbons (Fsp3) is 0.533. The van der Waals surface area contributed by atoms with Crippen LogP contribution in [0.5, 0.6) is 0 Å². The van der Waals surface area contributed by atoms with Gasteiger partial charge in [0.15, 0.2) is 0 Å². The Kier molecular flexibility index (Phi) is 4.63. The summed E-state index contributed by atoms with van der Waals surface area (Å²) in [5.41, 5.74) is 1.79. The molecule has 0 spiro atoms. The first kappa shape index (κ1) is 14.5. The molecule has 0 saturated carbocycles. The maximum Gasteiger partial charge on any atom is 0.254 e. The van der Waals surface area contributed by atoms with Crippen LogP contribution in [-0.4, -0.2) is 35.1 Å². The molecule has 1 aromatic carbocycles. The molecule has 0 bridgehead atoms. The SMILES string of the molecule is Cc1cc(Br)cc(C(=O)N2C[C@H](CO)CC[C@@H]2C)c1. The Morgan fingerprint density at radius 2 is 2.16 bits per heavy atom. The van der Waals surface area contributed by atoms with Gasteiger partial charge in [0.1, 0.15) is 0 Å². The van der Waals surface area contributed by atoms with Gasteiger partial charge in [0, 0.05) is 29.2 Å². The second-order valence-corrected chi connectivity index (χ2v) is 6.37. The number of amides is 1. The van der Waals surface area contributed by atoms with Crippen LogP contribution < -0.4 is 0 Å². The average Bonchev–Trinajstić information content (AvgIpc) is 2.37. The highest BCUT2D eigenvalue weighted by molar-refractivity contribution is 9.10. The molecule has 0 radical (unpaired) electrons. The largest absolute Gasteiger partial charge is 0.396 e. The number of benzene rings is 1. The minimum atomic E-state index is 0.0649. The van der Waals surface area contributed by atoms with Crippen molar-refractivity contribution in [3.63, 3.8) is 0 Å². The maximum atomic E-state index is 12.6. The number of rotatable bonds is 2. The standard InChI is InChI=1S/C15H20BrNO2/c1-10-5-13(7-14(16)6-10)15(19)17-8-12(9-18)4-3-11(17)2/h5-7,11-12,18H,3-4,8-9H2,1-2H3/t11-,12+/m0/s1. The van der Waals surface area contributed by atoms with E-state index in [4.69, 9.17) is 0 Å². The number of nitrogens with zero attached hydrogens (tertiary/aromatic N) is 1. The third-order valence-corrected chi connectivity index (χ3v) is 4.25. The summed E-state index contributed by atoms with van der Waals surface area (Å²) in [5.74, 6) is 0.281. The number of hydrogen-bond donors (Lipinski definition) is 1. The van der Waals surface area contributed by atoms with E-state index in [0.717, 1.165) is 28.4 Å². The first-order valence-corrected chi connectivity index (χ1v) is 7.49. The highest BCUT2D eigenvalue weighted by Crippen LogP contribution is 2.24. The van der Waals surface area contributed by atoms with Crippen molar-refractivity contribution in [2.45, 2.75) is 32.7 Å². The van der Waals surface area contributed by atoms with Gasteiger partial charge in [-0.2, -0.15) is 0 Å². The lowest BCUT2D eigenvalue weighted by Gasteiger charge is -2.37. The molecule has 1 heterocycles. The summed E-state index contributed by atoms with van der Waals surface area (Å²) in [7, 11) is 0. The van der Waals surface area contributed by atoms with E-state index in [0.29, 0.717) is 6.54 Å². The van der Waals surface area contributed by atoms with Gasteiger partial charge in [-0.3, -0.25) is 4.79 Å². The van der Waals surface area contributed by atoms with Crippen molar-refractivity contribution in [2.75, 3.05) is 13.2 Å². The minimum absolute atomic E-state index is 0.0649. The number of likely N-dealkylation sites (tertiary alicyclic amines) is 1. The second-order valence-electron chi connectivity index (χ2n) is 5.45. The Morgan fingerprint density at radius 3 is 2.79 bits per heavy atom. The van der Waals surface area contributed by atoms with Gasteiger partial charge in [0.2, 0.25) is 0 Å². The Morgan fingerprint density at radius 1 is 1.42 bits per heavy atom. The highest BCUT2D eigenvalue weighted by atomic mass is 79.9. The van der Waals surface area contributed by atoms with Gasteiger partial charge in [-0.15, -0.1) is 0 Å². The predicted octanol–water partition coefficient (Wildman–Crippen LogP) is 2.99. The lowest BCUT2D eigenvalue weighted by Crippen LogP contribution is -2.46. The van der Waals surface area contributed by atoms with E-state index in [1.807, 2.05) is 30.0 Å². The molecule has 0 aromatic heterocycles. The Labute approximate surface area is 122 Å². The summed E-state index contributed by atoms with van der Waals surface area (Å²) in [6, 6.07) is 6.02. The van der Waals surface area contributed by atoms with Gasteiger partial charge >= 0.3 is 0 Å². The summed E-state index contributed by atoms with van der Waals surface area (Å²) in [5, 5.41) is 9.29. The fourth-order valence-electron chi connectivity index (χ4n) is 2.64. The second kappa shape index (κ2) is 6.06. The van der Waals surface area contributed by atoms with Gasteiger partial charge in [-0.1, -0.05) is 15.9 Å². The van der Waals surface area contributed by atoms with E-state index < -0.39 is 0 Å². The van der Waals surface area contributed by atoms with Gasteiger partial charge in [-0.05, 0) is 56.4 Å². The van der Waals surface area contributed by atoms with Crippen LogP contribution in [0.1, 0.15) is 35.7 Å². The quantitative estimate of drug-likeness (QED) is 0.908. The van der Waals surface area contributed by atoms with Crippen LogP contribution in [0.2, 0.25) is 0 Å². The molecule has 4 heteroatoms. The lowest BCUT2D eigenvalue weighted by molar-refractivity contribution is 0.0489.